The standard InChI is InChI=1S/C18H21NO.C2H6/c1-14-9-10-15(17-8-4-3-7-16(14)17)13-18(20)19-11-5-2-6-12-19;1-2/h3-4,7-10H,2,5-6,11-13H2,1H3;1-2H3. The van der Waals surface area contributed by atoms with E-state index in [0.29, 0.717) is 6.42 Å². The van der Waals surface area contributed by atoms with Gasteiger partial charge in [0.1, 0.15) is 0 Å². The molecule has 1 fully saturated rings. The van der Waals surface area contributed by atoms with Crippen LogP contribution >= 0.6 is 0 Å². The van der Waals surface area contributed by atoms with E-state index >= 15 is 0 Å². The molecule has 0 aromatic heterocycles. The lowest BCUT2D eigenvalue weighted by Gasteiger charge is -2.27. The smallest absolute Gasteiger partial charge is 0.227 e. The van der Waals surface area contributed by atoms with Crippen LogP contribution in [0, 0.1) is 6.92 Å². The van der Waals surface area contributed by atoms with Crippen LogP contribution in [0.1, 0.15) is 44.2 Å². The van der Waals surface area contributed by atoms with Gasteiger partial charge < -0.3 is 4.90 Å². The lowest BCUT2D eigenvalue weighted by molar-refractivity contribution is -0.131. The predicted molar refractivity (Wildman–Crippen MR) is 94.2 cm³/mol. The summed E-state index contributed by atoms with van der Waals surface area (Å²) in [5, 5.41) is 2.48. The number of carbonyl (C=O) groups is 1. The van der Waals surface area contributed by atoms with E-state index in [1.165, 1.54) is 22.8 Å². The van der Waals surface area contributed by atoms with E-state index in [2.05, 4.69) is 43.3 Å². The van der Waals surface area contributed by atoms with Gasteiger partial charge in [-0.2, -0.15) is 0 Å². The first-order valence-electron chi connectivity index (χ1n) is 8.51. The van der Waals surface area contributed by atoms with Crippen LogP contribution in [0.3, 0.4) is 0 Å². The molecule has 0 unspecified atom stereocenters. The summed E-state index contributed by atoms with van der Waals surface area (Å²) in [7, 11) is 0. The molecule has 0 atom stereocenters. The fourth-order valence-electron chi connectivity index (χ4n) is 3.08. The van der Waals surface area contributed by atoms with Gasteiger partial charge in [0.2, 0.25) is 5.91 Å². The number of rotatable bonds is 2. The van der Waals surface area contributed by atoms with Crippen molar-refractivity contribution in [2.24, 2.45) is 0 Å². The normalized spacial score (nSPS) is 14.4. The third kappa shape index (κ3) is 3.68. The maximum absolute atomic E-state index is 12.4. The third-order valence-electron chi connectivity index (χ3n) is 4.28. The lowest BCUT2D eigenvalue weighted by atomic mass is 9.98. The van der Waals surface area contributed by atoms with E-state index in [4.69, 9.17) is 0 Å². The summed E-state index contributed by atoms with van der Waals surface area (Å²) in [6.07, 6.45) is 4.10. The monoisotopic (exact) mass is 297 g/mol. The zero-order valence-corrected chi connectivity index (χ0v) is 14.1. The average Bonchev–Trinajstić information content (AvgIpc) is 2.60. The zero-order valence-electron chi connectivity index (χ0n) is 14.1. The molecule has 2 aromatic carbocycles. The van der Waals surface area contributed by atoms with Crippen molar-refractivity contribution in [3.63, 3.8) is 0 Å². The van der Waals surface area contributed by atoms with Crippen molar-refractivity contribution in [3.8, 4) is 0 Å². The number of fused-ring (bicyclic) bond motifs is 1. The SMILES string of the molecule is CC.Cc1ccc(CC(=O)N2CCCCC2)c2ccccc12. The molecule has 1 amide bonds. The van der Waals surface area contributed by atoms with Crippen LogP contribution in [-0.2, 0) is 11.2 Å². The Morgan fingerprint density at radius 1 is 0.955 bits per heavy atom. The van der Waals surface area contributed by atoms with E-state index in [1.807, 2.05) is 18.7 Å². The van der Waals surface area contributed by atoms with Gasteiger partial charge in [0, 0.05) is 13.1 Å². The minimum Gasteiger partial charge on any atom is -0.342 e. The first-order chi connectivity index (χ1) is 10.8. The van der Waals surface area contributed by atoms with Gasteiger partial charge in [0.05, 0.1) is 6.42 Å². The number of likely N-dealkylation sites (tertiary alicyclic amines) is 1. The molecule has 3 rings (SSSR count). The molecule has 2 heteroatoms. The molecule has 1 aliphatic rings. The molecule has 0 saturated carbocycles. The number of hydrogen-bond acceptors (Lipinski definition) is 1. The fourth-order valence-corrected chi connectivity index (χ4v) is 3.08. The summed E-state index contributed by atoms with van der Waals surface area (Å²) in [6, 6.07) is 12.6. The summed E-state index contributed by atoms with van der Waals surface area (Å²) >= 11 is 0. The second-order valence-corrected chi connectivity index (χ2v) is 5.71. The Balaban J connectivity index is 0.000000847. The maximum atomic E-state index is 12.4. The van der Waals surface area contributed by atoms with E-state index in [-0.39, 0.29) is 5.91 Å². The van der Waals surface area contributed by atoms with Crippen LogP contribution in [0.4, 0.5) is 0 Å². The van der Waals surface area contributed by atoms with E-state index in [9.17, 15) is 4.79 Å². The Kier molecular flexibility index (Phi) is 6.00. The highest BCUT2D eigenvalue weighted by Crippen LogP contribution is 2.23. The Labute approximate surface area is 134 Å². The van der Waals surface area contributed by atoms with Gasteiger partial charge >= 0.3 is 0 Å². The van der Waals surface area contributed by atoms with Crippen LogP contribution in [0.2, 0.25) is 0 Å². The van der Waals surface area contributed by atoms with Crippen LogP contribution < -0.4 is 0 Å². The van der Waals surface area contributed by atoms with Crippen LogP contribution in [-0.4, -0.2) is 23.9 Å². The molecule has 0 spiro atoms. The second kappa shape index (κ2) is 7.98. The van der Waals surface area contributed by atoms with Gasteiger partial charge in [-0.15, -0.1) is 0 Å². The van der Waals surface area contributed by atoms with Crippen LogP contribution in [0.25, 0.3) is 10.8 Å². The summed E-state index contributed by atoms with van der Waals surface area (Å²) in [4.78, 5) is 14.4. The number of benzene rings is 2. The van der Waals surface area contributed by atoms with Crippen molar-refractivity contribution in [2.45, 2.75) is 46.5 Å². The highest BCUT2D eigenvalue weighted by atomic mass is 16.2. The van der Waals surface area contributed by atoms with Gasteiger partial charge in [-0.05, 0) is 48.1 Å². The third-order valence-corrected chi connectivity index (χ3v) is 4.28. The fraction of sp³-hybridized carbons (Fsp3) is 0.450. The molecule has 2 nitrogen and oxygen atoms in total. The Bertz CT molecular complexity index is 627. The molecule has 22 heavy (non-hydrogen) atoms. The minimum atomic E-state index is 0.277. The lowest BCUT2D eigenvalue weighted by Crippen LogP contribution is -2.36. The number of aryl methyl sites for hydroxylation is 1. The van der Waals surface area contributed by atoms with Gasteiger partial charge in [0.15, 0.2) is 0 Å². The first kappa shape index (κ1) is 16.5. The summed E-state index contributed by atoms with van der Waals surface area (Å²) < 4.78 is 0. The van der Waals surface area contributed by atoms with E-state index in [0.717, 1.165) is 31.5 Å². The minimum absolute atomic E-state index is 0.277. The summed E-state index contributed by atoms with van der Waals surface area (Å²) in [5.74, 6) is 0.277. The number of piperidine rings is 1. The highest BCUT2D eigenvalue weighted by Gasteiger charge is 2.17. The van der Waals surface area contributed by atoms with Crippen molar-refractivity contribution in [2.75, 3.05) is 13.1 Å². The highest BCUT2D eigenvalue weighted by molar-refractivity contribution is 5.92. The molecule has 118 valence electrons. The first-order valence-corrected chi connectivity index (χ1v) is 8.51. The molecule has 2 aromatic rings. The molecule has 1 aliphatic heterocycles. The quantitative estimate of drug-likeness (QED) is 0.784. The second-order valence-electron chi connectivity index (χ2n) is 5.71. The molecule has 1 heterocycles. The van der Waals surface area contributed by atoms with Crippen molar-refractivity contribution < 1.29 is 4.79 Å². The Morgan fingerprint density at radius 2 is 1.59 bits per heavy atom. The maximum Gasteiger partial charge on any atom is 0.227 e. The number of nitrogens with zero attached hydrogens (tertiary/aromatic N) is 1. The molecule has 0 N–H and O–H groups in total. The van der Waals surface area contributed by atoms with Crippen LogP contribution in [0.15, 0.2) is 36.4 Å². The predicted octanol–water partition coefficient (Wildman–Crippen LogP) is 4.73. The Morgan fingerprint density at radius 3 is 2.27 bits per heavy atom. The van der Waals surface area contributed by atoms with Gasteiger partial charge in [0.25, 0.3) is 0 Å². The van der Waals surface area contributed by atoms with Crippen molar-refractivity contribution in [3.05, 3.63) is 47.5 Å². The van der Waals surface area contributed by atoms with Crippen molar-refractivity contribution in [1.29, 1.82) is 0 Å². The molecular formula is C20H27NO. The zero-order chi connectivity index (χ0) is 15.9. The summed E-state index contributed by atoms with van der Waals surface area (Å²) in [5.41, 5.74) is 2.43. The topological polar surface area (TPSA) is 20.3 Å². The van der Waals surface area contributed by atoms with Gasteiger partial charge in [-0.1, -0.05) is 50.2 Å². The van der Waals surface area contributed by atoms with Gasteiger partial charge in [-0.25, -0.2) is 0 Å². The number of hydrogen-bond donors (Lipinski definition) is 0. The average molecular weight is 297 g/mol. The van der Waals surface area contributed by atoms with E-state index in [1.54, 1.807) is 0 Å². The molecule has 0 bridgehead atoms. The molecule has 1 saturated heterocycles. The molecular weight excluding hydrogens is 270 g/mol. The Hall–Kier alpha value is -1.83. The van der Waals surface area contributed by atoms with Crippen LogP contribution in [0.5, 0.6) is 0 Å². The number of carbonyl (C=O) groups excluding carboxylic acids is 1. The number of amides is 1. The van der Waals surface area contributed by atoms with Gasteiger partial charge in [-0.3, -0.25) is 4.79 Å². The molecule has 0 radical (unpaired) electrons. The van der Waals surface area contributed by atoms with E-state index < -0.39 is 0 Å². The van der Waals surface area contributed by atoms with Crippen molar-refractivity contribution >= 4 is 16.7 Å². The molecule has 0 aliphatic carbocycles. The summed E-state index contributed by atoms with van der Waals surface area (Å²) in [6.45, 7) is 7.99. The largest absolute Gasteiger partial charge is 0.342 e. The van der Waals surface area contributed by atoms with Crippen molar-refractivity contribution in [1.82, 2.24) is 4.90 Å².